The van der Waals surface area contributed by atoms with Gasteiger partial charge in [-0.05, 0) is 44.0 Å². The van der Waals surface area contributed by atoms with Gasteiger partial charge in [0.2, 0.25) is 0 Å². The third-order valence-electron chi connectivity index (χ3n) is 3.65. The van der Waals surface area contributed by atoms with Crippen LogP contribution in [0.3, 0.4) is 0 Å². The highest BCUT2D eigenvalue weighted by atomic mass is 79.9. The van der Waals surface area contributed by atoms with Crippen LogP contribution in [-0.2, 0) is 4.74 Å². The second-order valence-electron chi connectivity index (χ2n) is 5.40. The lowest BCUT2D eigenvalue weighted by atomic mass is 10.1. The molecule has 3 nitrogen and oxygen atoms in total. The quantitative estimate of drug-likeness (QED) is 0.815. The van der Waals surface area contributed by atoms with Crippen molar-refractivity contribution in [1.29, 1.82) is 0 Å². The lowest BCUT2D eigenvalue weighted by Gasteiger charge is -2.17. The lowest BCUT2D eigenvalue weighted by Crippen LogP contribution is -2.19. The first-order valence-electron chi connectivity index (χ1n) is 7.44. The summed E-state index contributed by atoms with van der Waals surface area (Å²) in [5.41, 5.74) is 1.27. The first-order chi connectivity index (χ1) is 9.70. The van der Waals surface area contributed by atoms with Crippen molar-refractivity contribution >= 4 is 15.9 Å². The summed E-state index contributed by atoms with van der Waals surface area (Å²) in [4.78, 5) is 0. The van der Waals surface area contributed by atoms with E-state index in [9.17, 15) is 0 Å². The third-order valence-corrected chi connectivity index (χ3v) is 4.34. The molecule has 2 atom stereocenters. The summed E-state index contributed by atoms with van der Waals surface area (Å²) in [6.45, 7) is 7.85. The minimum absolute atomic E-state index is 0.349. The maximum atomic E-state index is 5.86. The Kier molecular flexibility index (Phi) is 6.33. The van der Waals surface area contributed by atoms with E-state index in [2.05, 4.69) is 53.3 Å². The SMILES string of the molecule is CCCNC(C)c1ccc(OCC2CCOC2)cc1Br. The van der Waals surface area contributed by atoms with Gasteiger partial charge in [-0.15, -0.1) is 0 Å². The molecular weight excluding hydrogens is 318 g/mol. The Bertz CT molecular complexity index is 419. The maximum absolute atomic E-state index is 5.86. The van der Waals surface area contributed by atoms with Gasteiger partial charge in [0.05, 0.1) is 13.2 Å². The van der Waals surface area contributed by atoms with Crippen molar-refractivity contribution < 1.29 is 9.47 Å². The minimum atomic E-state index is 0.349. The van der Waals surface area contributed by atoms with Crippen molar-refractivity contribution in [3.63, 3.8) is 0 Å². The Hall–Kier alpha value is -0.580. The molecule has 1 saturated heterocycles. The van der Waals surface area contributed by atoms with Crippen molar-refractivity contribution in [2.45, 2.75) is 32.7 Å². The zero-order valence-corrected chi connectivity index (χ0v) is 13.9. The van der Waals surface area contributed by atoms with Gasteiger partial charge >= 0.3 is 0 Å². The molecule has 4 heteroatoms. The van der Waals surface area contributed by atoms with Gasteiger partial charge in [-0.3, -0.25) is 0 Å². The average molecular weight is 342 g/mol. The van der Waals surface area contributed by atoms with E-state index in [1.807, 2.05) is 0 Å². The molecule has 0 amide bonds. The molecule has 1 N–H and O–H groups in total. The topological polar surface area (TPSA) is 30.5 Å². The van der Waals surface area contributed by atoms with Crippen LogP contribution in [0.4, 0.5) is 0 Å². The summed E-state index contributed by atoms with van der Waals surface area (Å²) in [5.74, 6) is 1.47. The van der Waals surface area contributed by atoms with E-state index in [-0.39, 0.29) is 0 Å². The Morgan fingerprint density at radius 2 is 2.35 bits per heavy atom. The van der Waals surface area contributed by atoms with Crippen LogP contribution in [0, 0.1) is 5.92 Å². The summed E-state index contributed by atoms with van der Waals surface area (Å²) in [5, 5.41) is 3.50. The van der Waals surface area contributed by atoms with Crippen molar-refractivity contribution in [1.82, 2.24) is 5.32 Å². The molecule has 2 unspecified atom stereocenters. The summed E-state index contributed by atoms with van der Waals surface area (Å²) >= 11 is 3.65. The van der Waals surface area contributed by atoms with Crippen molar-refractivity contribution in [3.8, 4) is 5.75 Å². The van der Waals surface area contributed by atoms with E-state index >= 15 is 0 Å². The van der Waals surface area contributed by atoms with E-state index in [1.54, 1.807) is 0 Å². The molecule has 1 fully saturated rings. The molecule has 1 aliphatic rings. The predicted octanol–water partition coefficient (Wildman–Crippen LogP) is 3.93. The number of halogens is 1. The lowest BCUT2D eigenvalue weighted by molar-refractivity contribution is 0.167. The molecule has 0 spiro atoms. The van der Waals surface area contributed by atoms with Crippen molar-refractivity contribution in [2.75, 3.05) is 26.4 Å². The van der Waals surface area contributed by atoms with E-state index in [0.717, 1.165) is 49.4 Å². The summed E-state index contributed by atoms with van der Waals surface area (Å²) in [6.07, 6.45) is 2.25. The Morgan fingerprint density at radius 1 is 1.50 bits per heavy atom. The summed E-state index contributed by atoms with van der Waals surface area (Å²) in [6, 6.07) is 6.61. The molecule has 0 bridgehead atoms. The largest absolute Gasteiger partial charge is 0.493 e. The van der Waals surface area contributed by atoms with Crippen LogP contribution < -0.4 is 10.1 Å². The molecule has 0 aliphatic carbocycles. The van der Waals surface area contributed by atoms with Crippen LogP contribution in [-0.4, -0.2) is 26.4 Å². The van der Waals surface area contributed by atoms with Gasteiger partial charge in [0.25, 0.3) is 0 Å². The summed E-state index contributed by atoms with van der Waals surface area (Å²) in [7, 11) is 0. The monoisotopic (exact) mass is 341 g/mol. The fourth-order valence-electron chi connectivity index (χ4n) is 2.35. The minimum Gasteiger partial charge on any atom is -0.493 e. The van der Waals surface area contributed by atoms with Gasteiger partial charge in [-0.2, -0.15) is 0 Å². The molecule has 1 aliphatic heterocycles. The van der Waals surface area contributed by atoms with Gasteiger partial charge in [0.1, 0.15) is 5.75 Å². The molecule has 1 aromatic carbocycles. The zero-order chi connectivity index (χ0) is 14.4. The first-order valence-corrected chi connectivity index (χ1v) is 8.23. The highest BCUT2D eigenvalue weighted by Gasteiger charge is 2.16. The number of hydrogen-bond donors (Lipinski definition) is 1. The standard InChI is InChI=1S/C16H24BrNO2/c1-3-7-18-12(2)15-5-4-14(9-16(15)17)20-11-13-6-8-19-10-13/h4-5,9,12-13,18H,3,6-8,10-11H2,1-2H3. The maximum Gasteiger partial charge on any atom is 0.120 e. The van der Waals surface area contributed by atoms with E-state index in [4.69, 9.17) is 9.47 Å². The number of ether oxygens (including phenoxy) is 2. The molecule has 0 radical (unpaired) electrons. The number of nitrogens with one attached hydrogen (secondary N) is 1. The van der Waals surface area contributed by atoms with Crippen LogP contribution in [0.15, 0.2) is 22.7 Å². The second kappa shape index (κ2) is 8.01. The molecule has 0 aromatic heterocycles. The van der Waals surface area contributed by atoms with Crippen LogP contribution in [0.5, 0.6) is 5.75 Å². The van der Waals surface area contributed by atoms with E-state index in [1.165, 1.54) is 5.56 Å². The predicted molar refractivity (Wildman–Crippen MR) is 85.3 cm³/mol. The number of benzene rings is 1. The molecular formula is C16H24BrNO2. The molecule has 2 rings (SSSR count). The van der Waals surface area contributed by atoms with Crippen LogP contribution >= 0.6 is 15.9 Å². The first kappa shape index (κ1) is 15.8. The highest BCUT2D eigenvalue weighted by Crippen LogP contribution is 2.28. The van der Waals surface area contributed by atoms with E-state index in [0.29, 0.717) is 12.0 Å². The van der Waals surface area contributed by atoms with E-state index < -0.39 is 0 Å². The van der Waals surface area contributed by atoms with Crippen LogP contribution in [0.1, 0.15) is 38.3 Å². The van der Waals surface area contributed by atoms with Gasteiger partial charge in [0.15, 0.2) is 0 Å². The molecule has 1 heterocycles. The molecule has 112 valence electrons. The third kappa shape index (κ3) is 4.47. The van der Waals surface area contributed by atoms with Gasteiger partial charge in [-0.25, -0.2) is 0 Å². The highest BCUT2D eigenvalue weighted by molar-refractivity contribution is 9.10. The normalized spacial score (nSPS) is 20.1. The molecule has 20 heavy (non-hydrogen) atoms. The van der Waals surface area contributed by atoms with Crippen LogP contribution in [0.25, 0.3) is 0 Å². The zero-order valence-electron chi connectivity index (χ0n) is 12.3. The smallest absolute Gasteiger partial charge is 0.120 e. The Labute approximate surface area is 130 Å². The van der Waals surface area contributed by atoms with Crippen molar-refractivity contribution in [2.24, 2.45) is 5.92 Å². The van der Waals surface area contributed by atoms with Gasteiger partial charge < -0.3 is 14.8 Å². The fraction of sp³-hybridized carbons (Fsp3) is 0.625. The second-order valence-corrected chi connectivity index (χ2v) is 6.25. The average Bonchev–Trinajstić information content (AvgIpc) is 2.96. The fourth-order valence-corrected chi connectivity index (χ4v) is 3.05. The Morgan fingerprint density at radius 3 is 3.00 bits per heavy atom. The summed E-state index contributed by atoms with van der Waals surface area (Å²) < 4.78 is 12.3. The van der Waals surface area contributed by atoms with Gasteiger partial charge in [-0.1, -0.05) is 28.9 Å². The molecule has 1 aromatic rings. The number of hydrogen-bond acceptors (Lipinski definition) is 3. The van der Waals surface area contributed by atoms with Gasteiger partial charge in [0, 0.05) is 23.0 Å². The Balaban J connectivity index is 1.90. The molecule has 0 saturated carbocycles. The van der Waals surface area contributed by atoms with Crippen LogP contribution in [0.2, 0.25) is 0 Å². The number of rotatable bonds is 7. The van der Waals surface area contributed by atoms with Crippen molar-refractivity contribution in [3.05, 3.63) is 28.2 Å².